The van der Waals surface area contributed by atoms with Crippen molar-refractivity contribution in [3.8, 4) is 5.75 Å². The molecule has 0 radical (unpaired) electrons. The number of methoxy groups -OCH3 is 1. The summed E-state index contributed by atoms with van der Waals surface area (Å²) in [5, 5.41) is 19.6. The van der Waals surface area contributed by atoms with E-state index in [4.69, 9.17) is 19.4 Å². The molecule has 0 aromatic heterocycles. The van der Waals surface area contributed by atoms with Gasteiger partial charge in [0.1, 0.15) is 5.75 Å². The first-order chi connectivity index (χ1) is 13.1. The predicted molar refractivity (Wildman–Crippen MR) is 98.4 cm³/mol. The second kappa shape index (κ2) is 10.2. The molecule has 0 aliphatic carbocycles. The smallest absolute Gasteiger partial charge is 0.290 e. The van der Waals surface area contributed by atoms with Crippen molar-refractivity contribution >= 4 is 12.4 Å². The number of hydrogen-bond donors (Lipinski definition) is 3. The number of carbonyl (C=O) groups excluding carboxylic acids is 1. The maximum Gasteiger partial charge on any atom is 0.290 e. The number of nitrogens with one attached hydrogen (secondary N) is 1. The molecule has 1 amide bonds. The van der Waals surface area contributed by atoms with Gasteiger partial charge in [-0.15, -0.1) is 0 Å². The van der Waals surface area contributed by atoms with Crippen molar-refractivity contribution in [3.05, 3.63) is 29.8 Å². The van der Waals surface area contributed by atoms with Crippen LogP contribution >= 0.6 is 0 Å². The zero-order valence-corrected chi connectivity index (χ0v) is 15.6. The van der Waals surface area contributed by atoms with E-state index >= 15 is 0 Å². The normalized spacial score (nSPS) is 24.3. The number of ether oxygens (including phenoxy) is 2. The van der Waals surface area contributed by atoms with Crippen LogP contribution in [-0.2, 0) is 20.9 Å². The summed E-state index contributed by atoms with van der Waals surface area (Å²) in [4.78, 5) is 22.8. The van der Waals surface area contributed by atoms with Crippen LogP contribution in [0.5, 0.6) is 5.75 Å². The molecular weight excluding hydrogens is 352 g/mol. The number of aliphatic hydroxyl groups excluding tert-OH is 1. The predicted octanol–water partition coefficient (Wildman–Crippen LogP) is 0.343. The van der Waals surface area contributed by atoms with Crippen LogP contribution in [0.2, 0.25) is 0 Å². The fourth-order valence-corrected chi connectivity index (χ4v) is 3.85. The highest BCUT2D eigenvalue weighted by molar-refractivity contribution is 5.78. The number of carboxylic acid groups (broad SMARTS) is 1. The minimum absolute atomic E-state index is 0.00596. The van der Waals surface area contributed by atoms with E-state index in [0.717, 1.165) is 37.4 Å². The first kappa shape index (κ1) is 21.1. The SMILES string of the molecule is COc1ccccc1CNC(=O)CN1C[C@@H]2CCOC[C@]2(CO)C1.O=CO. The quantitative estimate of drug-likeness (QED) is 0.611. The summed E-state index contributed by atoms with van der Waals surface area (Å²) in [5.41, 5.74) is 0.768. The van der Waals surface area contributed by atoms with Crippen molar-refractivity contribution in [1.29, 1.82) is 0 Å². The van der Waals surface area contributed by atoms with Gasteiger partial charge in [-0.3, -0.25) is 14.5 Å². The lowest BCUT2D eigenvalue weighted by molar-refractivity contribution is -0.123. The van der Waals surface area contributed by atoms with Crippen molar-refractivity contribution in [2.45, 2.75) is 13.0 Å². The fourth-order valence-electron chi connectivity index (χ4n) is 3.85. The summed E-state index contributed by atoms with van der Waals surface area (Å²) in [6.07, 6.45) is 0.958. The Morgan fingerprint density at radius 2 is 2.22 bits per heavy atom. The van der Waals surface area contributed by atoms with E-state index in [-0.39, 0.29) is 24.4 Å². The minimum Gasteiger partial charge on any atom is -0.496 e. The number of para-hydroxylation sites is 1. The summed E-state index contributed by atoms with van der Waals surface area (Å²) in [6, 6.07) is 7.67. The maximum atomic E-state index is 12.3. The van der Waals surface area contributed by atoms with Crippen molar-refractivity contribution in [2.24, 2.45) is 11.3 Å². The van der Waals surface area contributed by atoms with Gasteiger partial charge < -0.3 is 25.0 Å². The van der Waals surface area contributed by atoms with E-state index in [1.165, 1.54) is 0 Å². The van der Waals surface area contributed by atoms with Crippen LogP contribution in [0, 0.1) is 11.3 Å². The highest BCUT2D eigenvalue weighted by atomic mass is 16.5. The maximum absolute atomic E-state index is 12.3. The molecule has 3 N–H and O–H groups in total. The topological polar surface area (TPSA) is 108 Å². The lowest BCUT2D eigenvalue weighted by Crippen LogP contribution is -2.43. The average molecular weight is 380 g/mol. The molecule has 0 saturated carbocycles. The van der Waals surface area contributed by atoms with Crippen LogP contribution in [0.15, 0.2) is 24.3 Å². The number of likely N-dealkylation sites (tertiary alicyclic amines) is 1. The number of rotatable bonds is 6. The Bertz CT molecular complexity index is 626. The zero-order chi connectivity index (χ0) is 19.7. The van der Waals surface area contributed by atoms with Crippen LogP contribution in [-0.4, -0.2) is 74.1 Å². The van der Waals surface area contributed by atoms with Crippen LogP contribution in [0.25, 0.3) is 0 Å². The molecule has 2 saturated heterocycles. The van der Waals surface area contributed by atoms with E-state index < -0.39 is 0 Å². The number of carbonyl (C=O) groups is 2. The van der Waals surface area contributed by atoms with Crippen molar-refractivity contribution in [1.82, 2.24) is 10.2 Å². The molecule has 2 atom stereocenters. The van der Waals surface area contributed by atoms with Crippen molar-refractivity contribution < 1.29 is 29.3 Å². The van der Waals surface area contributed by atoms with Gasteiger partial charge >= 0.3 is 0 Å². The van der Waals surface area contributed by atoms with Crippen LogP contribution in [0.1, 0.15) is 12.0 Å². The zero-order valence-electron chi connectivity index (χ0n) is 15.6. The van der Waals surface area contributed by atoms with Gasteiger partial charge in [0.25, 0.3) is 6.47 Å². The monoisotopic (exact) mass is 380 g/mol. The first-order valence-corrected chi connectivity index (χ1v) is 8.96. The molecule has 2 heterocycles. The van der Waals surface area contributed by atoms with E-state index in [0.29, 0.717) is 25.6 Å². The van der Waals surface area contributed by atoms with E-state index in [9.17, 15) is 9.90 Å². The Morgan fingerprint density at radius 3 is 2.89 bits per heavy atom. The number of aliphatic hydroxyl groups is 1. The molecule has 2 fully saturated rings. The van der Waals surface area contributed by atoms with Crippen LogP contribution < -0.4 is 10.1 Å². The molecule has 27 heavy (non-hydrogen) atoms. The Labute approximate surface area is 159 Å². The van der Waals surface area contributed by atoms with Gasteiger partial charge in [0.05, 0.1) is 26.9 Å². The van der Waals surface area contributed by atoms with Gasteiger partial charge in [0.2, 0.25) is 5.91 Å². The van der Waals surface area contributed by atoms with Gasteiger partial charge in [-0.2, -0.15) is 0 Å². The molecule has 8 nitrogen and oxygen atoms in total. The number of amides is 1. The minimum atomic E-state index is -0.250. The molecule has 3 rings (SSSR count). The molecule has 1 aromatic carbocycles. The number of benzene rings is 1. The third-order valence-electron chi connectivity index (χ3n) is 5.23. The van der Waals surface area contributed by atoms with Crippen molar-refractivity contribution in [3.63, 3.8) is 0 Å². The number of fused-ring (bicyclic) bond motifs is 1. The molecule has 2 aliphatic heterocycles. The first-order valence-electron chi connectivity index (χ1n) is 8.96. The third kappa shape index (κ3) is 5.41. The van der Waals surface area contributed by atoms with Gasteiger partial charge in [-0.1, -0.05) is 18.2 Å². The van der Waals surface area contributed by atoms with Crippen molar-refractivity contribution in [2.75, 3.05) is 46.6 Å². The van der Waals surface area contributed by atoms with Crippen LogP contribution in [0.4, 0.5) is 0 Å². The highest BCUT2D eigenvalue weighted by Crippen LogP contribution is 2.40. The molecule has 0 bridgehead atoms. The Balaban J connectivity index is 0.000000817. The number of nitrogens with zero attached hydrogens (tertiary/aromatic N) is 1. The lowest BCUT2D eigenvalue weighted by atomic mass is 9.76. The number of hydrogen-bond acceptors (Lipinski definition) is 6. The van der Waals surface area contributed by atoms with Gasteiger partial charge in [0.15, 0.2) is 0 Å². The Morgan fingerprint density at radius 1 is 1.48 bits per heavy atom. The molecule has 150 valence electrons. The summed E-state index contributed by atoms with van der Waals surface area (Å²) in [6.45, 7) is 3.59. The molecule has 0 spiro atoms. The molecule has 0 unspecified atom stereocenters. The Hall–Kier alpha value is -2.16. The van der Waals surface area contributed by atoms with E-state index in [1.54, 1.807) is 7.11 Å². The fraction of sp³-hybridized carbons (Fsp3) is 0.579. The summed E-state index contributed by atoms with van der Waals surface area (Å²) >= 11 is 0. The summed E-state index contributed by atoms with van der Waals surface area (Å²) in [5.74, 6) is 1.19. The summed E-state index contributed by atoms with van der Waals surface area (Å²) < 4.78 is 10.9. The van der Waals surface area contributed by atoms with E-state index in [1.807, 2.05) is 24.3 Å². The highest BCUT2D eigenvalue weighted by Gasteiger charge is 2.48. The second-order valence-electron chi connectivity index (χ2n) is 6.92. The third-order valence-corrected chi connectivity index (χ3v) is 5.23. The molecule has 2 aliphatic rings. The van der Waals surface area contributed by atoms with E-state index in [2.05, 4.69) is 10.2 Å². The molecule has 8 heteroatoms. The standard InChI is InChI=1S/C18H26N2O4.CH2O2/c1-23-16-5-3-2-4-14(16)8-19-17(22)10-20-9-15-6-7-24-13-18(15,11-20)12-21;2-1-3/h2-5,15,21H,6-13H2,1H3,(H,19,22);1H,(H,2,3)/t15-,18+;/m0./s1. The largest absolute Gasteiger partial charge is 0.496 e. The average Bonchev–Trinajstić information content (AvgIpc) is 3.05. The van der Waals surface area contributed by atoms with Gasteiger partial charge in [-0.05, 0) is 18.4 Å². The second-order valence-corrected chi connectivity index (χ2v) is 6.92. The van der Waals surface area contributed by atoms with Crippen LogP contribution in [0.3, 0.4) is 0 Å². The van der Waals surface area contributed by atoms with Gasteiger partial charge in [0, 0.05) is 37.2 Å². The van der Waals surface area contributed by atoms with Gasteiger partial charge in [-0.25, -0.2) is 0 Å². The lowest BCUT2D eigenvalue weighted by Gasteiger charge is -2.36. The Kier molecular flexibility index (Phi) is 8.02. The summed E-state index contributed by atoms with van der Waals surface area (Å²) in [7, 11) is 1.63. The molecular formula is C19H28N2O6. The molecule has 1 aromatic rings.